The van der Waals surface area contributed by atoms with Crippen molar-refractivity contribution in [2.75, 3.05) is 5.32 Å². The van der Waals surface area contributed by atoms with Crippen LogP contribution < -0.4 is 5.32 Å². The number of aryl methyl sites for hydroxylation is 3. The Morgan fingerprint density at radius 3 is 2.38 bits per heavy atom. The zero-order chi connectivity index (χ0) is 24.0. The summed E-state index contributed by atoms with van der Waals surface area (Å²) in [5, 5.41) is 12.6. The van der Waals surface area contributed by atoms with E-state index in [0.29, 0.717) is 0 Å². The van der Waals surface area contributed by atoms with Crippen LogP contribution in [0.5, 0.6) is 0 Å². The van der Waals surface area contributed by atoms with E-state index in [-0.39, 0.29) is 5.91 Å². The van der Waals surface area contributed by atoms with E-state index in [1.807, 2.05) is 65.0 Å². The van der Waals surface area contributed by atoms with E-state index < -0.39 is 0 Å². The van der Waals surface area contributed by atoms with E-state index >= 15 is 0 Å². The number of nitrogens with zero attached hydrogens (tertiary/aromatic N) is 5. The van der Waals surface area contributed by atoms with Crippen LogP contribution in [0.1, 0.15) is 11.1 Å². The van der Waals surface area contributed by atoms with E-state index in [1.165, 1.54) is 6.08 Å². The minimum absolute atomic E-state index is 0.240. The van der Waals surface area contributed by atoms with Crippen molar-refractivity contribution in [2.24, 2.45) is 14.1 Å². The van der Waals surface area contributed by atoms with Gasteiger partial charge in [0.05, 0.1) is 18.1 Å². The second-order valence-electron chi connectivity index (χ2n) is 8.42. The second-order valence-corrected chi connectivity index (χ2v) is 8.42. The van der Waals surface area contributed by atoms with Gasteiger partial charge in [0.2, 0.25) is 5.91 Å². The molecule has 0 saturated carbocycles. The highest BCUT2D eigenvalue weighted by Crippen LogP contribution is 2.42. The summed E-state index contributed by atoms with van der Waals surface area (Å²) >= 11 is 0. The average molecular weight is 452 g/mol. The van der Waals surface area contributed by atoms with Crippen LogP contribution in [0.3, 0.4) is 0 Å². The lowest BCUT2D eigenvalue weighted by Crippen LogP contribution is -2.10. The number of pyridine rings is 1. The number of rotatable bonds is 5. The van der Waals surface area contributed by atoms with Crippen LogP contribution in [0.2, 0.25) is 0 Å². The van der Waals surface area contributed by atoms with Crippen LogP contribution in [0.25, 0.3) is 44.5 Å². The number of anilines is 1. The van der Waals surface area contributed by atoms with Crippen molar-refractivity contribution in [3.05, 3.63) is 73.0 Å². The fraction of sp³-hybridized carbons (Fsp3) is 0.154. The summed E-state index contributed by atoms with van der Waals surface area (Å²) < 4.78 is 3.55. The maximum absolute atomic E-state index is 12.1. The standard InChI is InChI=1S/C26H25N7O/c1-6-22(34)30-24-15(2)7-8-20(16(24)3)23-21-9-17(18-11-28-32(4)13-18)10-27-26(21)31-25(23)19-12-29-33(5)14-19/h6-14H,1H2,2-5H3,(H,27,31)(H,30,34). The van der Waals surface area contributed by atoms with Crippen molar-refractivity contribution >= 4 is 22.6 Å². The Morgan fingerprint density at radius 1 is 1.03 bits per heavy atom. The summed E-state index contributed by atoms with van der Waals surface area (Å²) in [7, 11) is 3.79. The summed E-state index contributed by atoms with van der Waals surface area (Å²) in [6, 6.07) is 6.24. The van der Waals surface area contributed by atoms with Gasteiger partial charge in [0.1, 0.15) is 5.65 Å². The molecule has 0 bridgehead atoms. The van der Waals surface area contributed by atoms with Crippen LogP contribution in [0.15, 0.2) is 61.8 Å². The third-order valence-electron chi connectivity index (χ3n) is 6.06. The highest BCUT2D eigenvalue weighted by Gasteiger charge is 2.21. The first kappa shape index (κ1) is 21.4. The number of nitrogens with one attached hydrogen (secondary N) is 2. The van der Waals surface area contributed by atoms with Crippen molar-refractivity contribution in [3.63, 3.8) is 0 Å². The Morgan fingerprint density at radius 2 is 1.74 bits per heavy atom. The lowest BCUT2D eigenvalue weighted by atomic mass is 9.93. The molecule has 1 aromatic carbocycles. The maximum Gasteiger partial charge on any atom is 0.247 e. The third-order valence-corrected chi connectivity index (χ3v) is 6.06. The number of hydrogen-bond acceptors (Lipinski definition) is 4. The van der Waals surface area contributed by atoms with Crippen molar-refractivity contribution in [1.82, 2.24) is 29.5 Å². The minimum atomic E-state index is -0.240. The predicted molar refractivity (Wildman–Crippen MR) is 134 cm³/mol. The molecule has 0 atom stereocenters. The number of H-pyrrole nitrogens is 1. The Labute approximate surface area is 197 Å². The van der Waals surface area contributed by atoms with Gasteiger partial charge in [-0.2, -0.15) is 10.2 Å². The molecule has 1 amide bonds. The summed E-state index contributed by atoms with van der Waals surface area (Å²) in [5.41, 5.74) is 9.36. The summed E-state index contributed by atoms with van der Waals surface area (Å²) in [4.78, 5) is 20.4. The molecule has 0 fully saturated rings. The van der Waals surface area contributed by atoms with Gasteiger partial charge in [0.25, 0.3) is 0 Å². The molecule has 0 spiro atoms. The summed E-state index contributed by atoms with van der Waals surface area (Å²) in [6.45, 7) is 7.58. The van der Waals surface area contributed by atoms with Gasteiger partial charge in [0, 0.05) is 66.0 Å². The fourth-order valence-electron chi connectivity index (χ4n) is 4.33. The van der Waals surface area contributed by atoms with E-state index in [4.69, 9.17) is 4.98 Å². The summed E-state index contributed by atoms with van der Waals surface area (Å²) in [6.07, 6.45) is 10.7. The molecule has 170 valence electrons. The Balaban J connectivity index is 1.80. The van der Waals surface area contributed by atoms with Gasteiger partial charge in [-0.15, -0.1) is 0 Å². The number of aromatic amines is 1. The van der Waals surface area contributed by atoms with E-state index in [9.17, 15) is 4.79 Å². The molecule has 8 nitrogen and oxygen atoms in total. The number of carbonyl (C=O) groups excluding carboxylic acids is 1. The lowest BCUT2D eigenvalue weighted by Gasteiger charge is -2.16. The first-order chi connectivity index (χ1) is 16.4. The topological polar surface area (TPSA) is 93.4 Å². The highest BCUT2D eigenvalue weighted by atomic mass is 16.1. The van der Waals surface area contributed by atoms with E-state index in [2.05, 4.69) is 39.2 Å². The zero-order valence-electron chi connectivity index (χ0n) is 19.5. The molecule has 34 heavy (non-hydrogen) atoms. The van der Waals surface area contributed by atoms with Gasteiger partial charge in [-0.1, -0.05) is 18.7 Å². The molecule has 5 rings (SSSR count). The minimum Gasteiger partial charge on any atom is -0.339 e. The quantitative estimate of drug-likeness (QED) is 0.376. The Bertz CT molecular complexity index is 1570. The number of carbonyl (C=O) groups is 1. The molecule has 5 aromatic rings. The van der Waals surface area contributed by atoms with Crippen LogP contribution >= 0.6 is 0 Å². The van der Waals surface area contributed by atoms with Crippen LogP contribution in [-0.2, 0) is 18.9 Å². The maximum atomic E-state index is 12.1. The van der Waals surface area contributed by atoms with Crippen molar-refractivity contribution in [3.8, 4) is 33.5 Å². The monoisotopic (exact) mass is 451 g/mol. The number of fused-ring (bicyclic) bond motifs is 1. The molecule has 0 saturated heterocycles. The number of hydrogen-bond donors (Lipinski definition) is 2. The number of aromatic nitrogens is 6. The third kappa shape index (κ3) is 3.59. The van der Waals surface area contributed by atoms with Crippen LogP contribution in [-0.4, -0.2) is 35.4 Å². The second kappa shape index (κ2) is 8.15. The molecule has 0 aliphatic heterocycles. The predicted octanol–water partition coefficient (Wildman–Crippen LogP) is 4.77. The normalized spacial score (nSPS) is 11.2. The van der Waals surface area contributed by atoms with Gasteiger partial charge in [-0.3, -0.25) is 14.2 Å². The van der Waals surface area contributed by atoms with Gasteiger partial charge in [0.15, 0.2) is 0 Å². The van der Waals surface area contributed by atoms with Gasteiger partial charge in [-0.25, -0.2) is 4.98 Å². The Hall–Kier alpha value is -4.46. The number of benzene rings is 1. The van der Waals surface area contributed by atoms with Gasteiger partial charge in [-0.05, 0) is 42.7 Å². The molecular formula is C26H25N7O. The van der Waals surface area contributed by atoms with Crippen LogP contribution in [0, 0.1) is 13.8 Å². The van der Waals surface area contributed by atoms with Crippen molar-refractivity contribution in [1.29, 1.82) is 0 Å². The molecular weight excluding hydrogens is 426 g/mol. The molecule has 0 unspecified atom stereocenters. The largest absolute Gasteiger partial charge is 0.339 e. The first-order valence-corrected chi connectivity index (χ1v) is 10.9. The van der Waals surface area contributed by atoms with Gasteiger partial charge < -0.3 is 10.3 Å². The van der Waals surface area contributed by atoms with Gasteiger partial charge >= 0.3 is 0 Å². The summed E-state index contributed by atoms with van der Waals surface area (Å²) in [5.74, 6) is -0.240. The lowest BCUT2D eigenvalue weighted by molar-refractivity contribution is -0.111. The molecule has 0 aliphatic carbocycles. The fourth-order valence-corrected chi connectivity index (χ4v) is 4.33. The smallest absolute Gasteiger partial charge is 0.247 e. The average Bonchev–Trinajstić information content (AvgIpc) is 3.54. The van der Waals surface area contributed by atoms with Crippen LogP contribution in [0.4, 0.5) is 5.69 Å². The molecule has 0 aliphatic rings. The van der Waals surface area contributed by atoms with Crippen molar-refractivity contribution < 1.29 is 4.79 Å². The molecule has 4 aromatic heterocycles. The SMILES string of the molecule is C=CC(=O)Nc1c(C)ccc(-c2c(-c3cnn(C)c3)[nH]c3ncc(-c4cnn(C)c4)cc23)c1C. The Kier molecular flexibility index (Phi) is 5.13. The van der Waals surface area contributed by atoms with Crippen molar-refractivity contribution in [2.45, 2.75) is 13.8 Å². The molecule has 8 heteroatoms. The van der Waals surface area contributed by atoms with E-state index in [0.717, 1.165) is 61.4 Å². The first-order valence-electron chi connectivity index (χ1n) is 10.9. The highest BCUT2D eigenvalue weighted by molar-refractivity contribution is 6.06. The number of amides is 1. The molecule has 2 N–H and O–H groups in total. The van der Waals surface area contributed by atoms with E-state index in [1.54, 1.807) is 9.36 Å². The zero-order valence-corrected chi connectivity index (χ0v) is 19.5. The molecule has 4 heterocycles. The molecule has 0 radical (unpaired) electrons.